The number of hydrogen-bond donors (Lipinski definition) is 2. The molecule has 1 rings (SSSR count). The third-order valence-electron chi connectivity index (χ3n) is 3.64. The van der Waals surface area contributed by atoms with E-state index in [0.29, 0.717) is 19.3 Å². The molecule has 0 aromatic rings. The number of carbonyl (C=O) groups excluding carboxylic acids is 1. The van der Waals surface area contributed by atoms with Crippen molar-refractivity contribution >= 4 is 6.09 Å². The molecular formula is C16H32N2O4. The summed E-state index contributed by atoms with van der Waals surface area (Å²) in [7, 11) is 1.70. The number of hydrogen-bond acceptors (Lipinski definition) is 5. The molecule has 0 aromatic carbocycles. The third kappa shape index (κ3) is 6.50. The second-order valence-electron chi connectivity index (χ2n) is 6.86. The SMILES string of the molecule is CCOC1CC(NC(=O)OC(C)(C)C)C1NC(C)CCOC. The molecule has 1 aliphatic rings. The van der Waals surface area contributed by atoms with Gasteiger partial charge < -0.3 is 24.8 Å². The average Bonchev–Trinajstić information content (AvgIpc) is 2.39. The molecule has 1 amide bonds. The number of nitrogens with one attached hydrogen (secondary N) is 2. The van der Waals surface area contributed by atoms with Crippen molar-refractivity contribution in [3.05, 3.63) is 0 Å². The van der Waals surface area contributed by atoms with Gasteiger partial charge in [0.25, 0.3) is 0 Å². The van der Waals surface area contributed by atoms with Gasteiger partial charge in [-0.1, -0.05) is 0 Å². The van der Waals surface area contributed by atoms with Crippen LogP contribution < -0.4 is 10.6 Å². The number of rotatable bonds is 8. The fraction of sp³-hybridized carbons (Fsp3) is 0.938. The highest BCUT2D eigenvalue weighted by Gasteiger charge is 2.43. The molecule has 130 valence electrons. The summed E-state index contributed by atoms with van der Waals surface area (Å²) in [6.07, 6.45) is 1.49. The van der Waals surface area contributed by atoms with Crippen molar-refractivity contribution in [2.75, 3.05) is 20.3 Å². The third-order valence-corrected chi connectivity index (χ3v) is 3.64. The van der Waals surface area contributed by atoms with Crippen LogP contribution in [0.15, 0.2) is 0 Å². The molecule has 0 bridgehead atoms. The van der Waals surface area contributed by atoms with E-state index in [1.807, 2.05) is 27.7 Å². The van der Waals surface area contributed by atoms with Crippen molar-refractivity contribution in [3.63, 3.8) is 0 Å². The predicted octanol–water partition coefficient (Wildman–Crippen LogP) is 2.07. The van der Waals surface area contributed by atoms with Crippen LogP contribution in [0.5, 0.6) is 0 Å². The maximum Gasteiger partial charge on any atom is 0.407 e. The topological polar surface area (TPSA) is 68.8 Å². The van der Waals surface area contributed by atoms with Crippen molar-refractivity contribution in [1.29, 1.82) is 0 Å². The van der Waals surface area contributed by atoms with Crippen LogP contribution in [-0.2, 0) is 14.2 Å². The van der Waals surface area contributed by atoms with Gasteiger partial charge in [0.15, 0.2) is 0 Å². The van der Waals surface area contributed by atoms with Crippen molar-refractivity contribution in [1.82, 2.24) is 10.6 Å². The Morgan fingerprint density at radius 2 is 2.05 bits per heavy atom. The van der Waals surface area contributed by atoms with Crippen molar-refractivity contribution in [2.24, 2.45) is 0 Å². The van der Waals surface area contributed by atoms with E-state index in [2.05, 4.69) is 17.6 Å². The summed E-state index contributed by atoms with van der Waals surface area (Å²) in [4.78, 5) is 11.9. The van der Waals surface area contributed by atoms with E-state index in [0.717, 1.165) is 12.8 Å². The van der Waals surface area contributed by atoms with Gasteiger partial charge in [0.05, 0.1) is 18.2 Å². The van der Waals surface area contributed by atoms with E-state index in [1.165, 1.54) is 0 Å². The Kier molecular flexibility index (Phi) is 7.59. The zero-order valence-corrected chi connectivity index (χ0v) is 14.8. The lowest BCUT2D eigenvalue weighted by Gasteiger charge is -2.46. The average molecular weight is 316 g/mol. The monoisotopic (exact) mass is 316 g/mol. The number of alkyl carbamates (subject to hydrolysis) is 1. The Morgan fingerprint density at radius 1 is 1.36 bits per heavy atom. The number of amides is 1. The van der Waals surface area contributed by atoms with Crippen LogP contribution in [0.3, 0.4) is 0 Å². The molecule has 4 atom stereocenters. The fourth-order valence-electron chi connectivity index (χ4n) is 2.53. The van der Waals surface area contributed by atoms with Gasteiger partial charge in [0.1, 0.15) is 5.60 Å². The molecule has 0 aliphatic heterocycles. The molecule has 6 heteroatoms. The van der Waals surface area contributed by atoms with Crippen LogP contribution in [0, 0.1) is 0 Å². The van der Waals surface area contributed by atoms with Gasteiger partial charge in [-0.2, -0.15) is 0 Å². The number of carbonyl (C=O) groups is 1. The highest BCUT2D eigenvalue weighted by atomic mass is 16.6. The molecule has 2 N–H and O–H groups in total. The number of methoxy groups -OCH3 is 1. The molecule has 0 spiro atoms. The van der Waals surface area contributed by atoms with E-state index in [4.69, 9.17) is 14.2 Å². The molecule has 0 radical (unpaired) electrons. The Balaban J connectivity index is 2.49. The van der Waals surface area contributed by atoms with Crippen molar-refractivity contribution < 1.29 is 19.0 Å². The first kappa shape index (κ1) is 19.2. The van der Waals surface area contributed by atoms with Gasteiger partial charge in [-0.3, -0.25) is 0 Å². The minimum atomic E-state index is -0.484. The number of ether oxygens (including phenoxy) is 3. The Morgan fingerprint density at radius 3 is 2.59 bits per heavy atom. The summed E-state index contributed by atoms with van der Waals surface area (Å²) >= 11 is 0. The van der Waals surface area contributed by atoms with E-state index >= 15 is 0 Å². The standard InChI is InChI=1S/C16H32N2O4/c1-7-21-13-10-12(18-15(19)22-16(3,4)5)14(13)17-11(2)8-9-20-6/h11-14,17H,7-10H2,1-6H3,(H,18,19). The van der Waals surface area contributed by atoms with E-state index in [9.17, 15) is 4.79 Å². The normalized spacial score (nSPS) is 26.2. The molecule has 4 unspecified atom stereocenters. The van der Waals surface area contributed by atoms with Crippen LogP contribution in [0.2, 0.25) is 0 Å². The first-order chi connectivity index (χ1) is 10.3. The van der Waals surface area contributed by atoms with Gasteiger partial charge in [-0.25, -0.2) is 4.79 Å². The van der Waals surface area contributed by atoms with Gasteiger partial charge in [-0.15, -0.1) is 0 Å². The predicted molar refractivity (Wildman–Crippen MR) is 86.1 cm³/mol. The molecular weight excluding hydrogens is 284 g/mol. The fourth-order valence-corrected chi connectivity index (χ4v) is 2.53. The van der Waals surface area contributed by atoms with Crippen molar-refractivity contribution in [2.45, 2.75) is 77.3 Å². The molecule has 0 aromatic heterocycles. The van der Waals surface area contributed by atoms with E-state index in [-0.39, 0.29) is 24.3 Å². The summed E-state index contributed by atoms with van der Waals surface area (Å²) in [5, 5.41) is 6.47. The van der Waals surface area contributed by atoms with Crippen molar-refractivity contribution in [3.8, 4) is 0 Å². The first-order valence-corrected chi connectivity index (χ1v) is 8.13. The maximum atomic E-state index is 11.9. The summed E-state index contributed by atoms with van der Waals surface area (Å²) in [5.74, 6) is 0. The second kappa shape index (κ2) is 8.70. The molecule has 22 heavy (non-hydrogen) atoms. The highest BCUT2D eigenvalue weighted by Crippen LogP contribution is 2.25. The first-order valence-electron chi connectivity index (χ1n) is 8.13. The molecule has 1 aliphatic carbocycles. The smallest absolute Gasteiger partial charge is 0.407 e. The minimum absolute atomic E-state index is 0.0383. The maximum absolute atomic E-state index is 11.9. The summed E-state index contributed by atoms with van der Waals surface area (Å²) in [5.41, 5.74) is -0.484. The molecule has 1 saturated carbocycles. The quantitative estimate of drug-likeness (QED) is 0.717. The largest absolute Gasteiger partial charge is 0.444 e. The lowest BCUT2D eigenvalue weighted by Crippen LogP contribution is -2.67. The lowest BCUT2D eigenvalue weighted by atomic mass is 9.82. The molecule has 0 heterocycles. The van der Waals surface area contributed by atoms with Crippen LogP contribution in [0.1, 0.15) is 47.5 Å². The minimum Gasteiger partial charge on any atom is -0.444 e. The Bertz CT molecular complexity index is 344. The summed E-state index contributed by atoms with van der Waals surface area (Å²) < 4.78 is 16.1. The highest BCUT2D eigenvalue weighted by molar-refractivity contribution is 5.68. The van der Waals surface area contributed by atoms with Gasteiger partial charge in [0, 0.05) is 26.4 Å². The van der Waals surface area contributed by atoms with E-state index < -0.39 is 5.60 Å². The van der Waals surface area contributed by atoms with Gasteiger partial charge in [-0.05, 0) is 47.5 Å². The van der Waals surface area contributed by atoms with Crippen LogP contribution in [0.25, 0.3) is 0 Å². The van der Waals surface area contributed by atoms with Crippen LogP contribution in [-0.4, -0.2) is 56.2 Å². The summed E-state index contributed by atoms with van der Waals surface area (Å²) in [6, 6.07) is 0.451. The van der Waals surface area contributed by atoms with Crippen LogP contribution >= 0.6 is 0 Å². The van der Waals surface area contributed by atoms with Gasteiger partial charge in [0.2, 0.25) is 0 Å². The lowest BCUT2D eigenvalue weighted by molar-refractivity contribution is -0.0468. The van der Waals surface area contributed by atoms with Crippen LogP contribution in [0.4, 0.5) is 4.79 Å². The summed E-state index contributed by atoms with van der Waals surface area (Å²) in [6.45, 7) is 11.1. The Hall–Kier alpha value is -0.850. The Labute approximate surface area is 134 Å². The zero-order chi connectivity index (χ0) is 16.8. The molecule has 1 fully saturated rings. The van der Waals surface area contributed by atoms with E-state index in [1.54, 1.807) is 7.11 Å². The molecule has 6 nitrogen and oxygen atoms in total. The molecule has 0 saturated heterocycles. The van der Waals surface area contributed by atoms with Gasteiger partial charge >= 0.3 is 6.09 Å². The second-order valence-corrected chi connectivity index (χ2v) is 6.86. The zero-order valence-electron chi connectivity index (χ0n) is 14.8.